The average molecular weight is 355 g/mol. The smallest absolute Gasteiger partial charge is 0.227 e. The fourth-order valence-corrected chi connectivity index (χ4v) is 3.79. The molecule has 0 saturated carbocycles. The quantitative estimate of drug-likeness (QED) is 0.843. The Kier molecular flexibility index (Phi) is 5.02. The highest BCUT2D eigenvalue weighted by Gasteiger charge is 2.21. The topological polar surface area (TPSA) is 35.5 Å². The fraction of sp³-hybridized carbons (Fsp3) is 0.500. The summed E-state index contributed by atoms with van der Waals surface area (Å²) in [7, 11) is 0. The van der Waals surface area contributed by atoms with Crippen molar-refractivity contribution in [3.05, 3.63) is 47.4 Å². The van der Waals surface area contributed by atoms with E-state index in [4.69, 9.17) is 4.98 Å². The fourth-order valence-electron chi connectivity index (χ4n) is 3.79. The first-order valence-corrected chi connectivity index (χ1v) is 9.50. The molecule has 0 atom stereocenters. The van der Waals surface area contributed by atoms with Crippen molar-refractivity contribution in [3.63, 3.8) is 0 Å². The molecular formula is C20H26FN5. The summed E-state index contributed by atoms with van der Waals surface area (Å²) >= 11 is 0. The number of anilines is 2. The van der Waals surface area contributed by atoms with Crippen LogP contribution in [-0.4, -0.2) is 54.1 Å². The molecule has 0 N–H and O–H groups in total. The van der Waals surface area contributed by atoms with Gasteiger partial charge in [0, 0.05) is 57.6 Å². The SMILES string of the molecule is Cc1cc(N2CCN(Cc3cccc(F)c3)CC2)nc(N2CCCC2)n1. The first-order valence-electron chi connectivity index (χ1n) is 9.50. The van der Waals surface area contributed by atoms with Gasteiger partial charge >= 0.3 is 0 Å². The lowest BCUT2D eigenvalue weighted by atomic mass is 10.2. The van der Waals surface area contributed by atoms with Crippen molar-refractivity contribution in [1.82, 2.24) is 14.9 Å². The summed E-state index contributed by atoms with van der Waals surface area (Å²) < 4.78 is 13.4. The molecule has 2 aliphatic heterocycles. The first-order chi connectivity index (χ1) is 12.7. The van der Waals surface area contributed by atoms with Crippen molar-refractivity contribution in [2.24, 2.45) is 0 Å². The maximum absolute atomic E-state index is 13.4. The molecule has 2 saturated heterocycles. The Morgan fingerprint density at radius 3 is 2.42 bits per heavy atom. The van der Waals surface area contributed by atoms with Gasteiger partial charge < -0.3 is 9.80 Å². The molecule has 2 fully saturated rings. The second-order valence-electron chi connectivity index (χ2n) is 7.25. The molecular weight excluding hydrogens is 329 g/mol. The molecule has 4 rings (SSSR count). The summed E-state index contributed by atoms with van der Waals surface area (Å²) in [6, 6.07) is 8.98. The third-order valence-electron chi connectivity index (χ3n) is 5.21. The van der Waals surface area contributed by atoms with E-state index in [-0.39, 0.29) is 5.82 Å². The number of rotatable bonds is 4. The number of benzene rings is 1. The van der Waals surface area contributed by atoms with E-state index in [1.165, 1.54) is 18.9 Å². The summed E-state index contributed by atoms with van der Waals surface area (Å²) in [4.78, 5) is 16.5. The number of halogens is 1. The summed E-state index contributed by atoms with van der Waals surface area (Å²) in [5.41, 5.74) is 2.06. The Bertz CT molecular complexity index is 752. The molecule has 6 heteroatoms. The Morgan fingerprint density at radius 2 is 1.69 bits per heavy atom. The molecule has 0 aliphatic carbocycles. The van der Waals surface area contributed by atoms with E-state index in [0.29, 0.717) is 0 Å². The van der Waals surface area contributed by atoms with E-state index < -0.39 is 0 Å². The molecule has 3 heterocycles. The van der Waals surface area contributed by atoms with Gasteiger partial charge in [0.15, 0.2) is 0 Å². The van der Waals surface area contributed by atoms with Crippen LogP contribution in [0.25, 0.3) is 0 Å². The van der Waals surface area contributed by atoms with Gasteiger partial charge in [-0.05, 0) is 37.5 Å². The van der Waals surface area contributed by atoms with Crippen LogP contribution in [0.5, 0.6) is 0 Å². The van der Waals surface area contributed by atoms with Crippen LogP contribution in [0, 0.1) is 12.7 Å². The van der Waals surface area contributed by atoms with Gasteiger partial charge in [-0.25, -0.2) is 9.37 Å². The van der Waals surface area contributed by atoms with Crippen molar-refractivity contribution < 1.29 is 4.39 Å². The maximum Gasteiger partial charge on any atom is 0.227 e. The van der Waals surface area contributed by atoms with E-state index in [1.54, 1.807) is 12.1 Å². The van der Waals surface area contributed by atoms with E-state index in [2.05, 4.69) is 25.8 Å². The molecule has 0 spiro atoms. The second kappa shape index (κ2) is 7.58. The van der Waals surface area contributed by atoms with E-state index in [9.17, 15) is 4.39 Å². The van der Waals surface area contributed by atoms with Crippen molar-refractivity contribution in [1.29, 1.82) is 0 Å². The lowest BCUT2D eigenvalue weighted by Crippen LogP contribution is -2.46. The van der Waals surface area contributed by atoms with E-state index in [1.807, 2.05) is 13.0 Å². The predicted molar refractivity (Wildman–Crippen MR) is 102 cm³/mol. The van der Waals surface area contributed by atoms with Crippen LogP contribution in [0.3, 0.4) is 0 Å². The predicted octanol–water partition coefficient (Wildman–Crippen LogP) is 2.85. The Morgan fingerprint density at radius 1 is 0.923 bits per heavy atom. The lowest BCUT2D eigenvalue weighted by molar-refractivity contribution is 0.249. The molecule has 0 unspecified atom stereocenters. The van der Waals surface area contributed by atoms with E-state index >= 15 is 0 Å². The van der Waals surface area contributed by atoms with Crippen molar-refractivity contribution in [2.45, 2.75) is 26.3 Å². The Labute approximate surface area is 154 Å². The largest absolute Gasteiger partial charge is 0.354 e. The molecule has 1 aromatic heterocycles. The third-order valence-corrected chi connectivity index (χ3v) is 5.21. The van der Waals surface area contributed by atoms with Crippen molar-refractivity contribution >= 4 is 11.8 Å². The standard InChI is InChI=1S/C20H26FN5/c1-16-13-19(23-20(22-16)26-7-2-3-8-26)25-11-9-24(10-12-25)15-17-5-4-6-18(21)14-17/h4-6,13-14H,2-3,7-12,15H2,1H3. The minimum Gasteiger partial charge on any atom is -0.354 e. The number of aryl methyl sites for hydroxylation is 1. The molecule has 0 bridgehead atoms. The van der Waals surface area contributed by atoms with Gasteiger partial charge in [0.25, 0.3) is 0 Å². The van der Waals surface area contributed by atoms with Crippen LogP contribution in [0.2, 0.25) is 0 Å². The van der Waals surface area contributed by atoms with Crippen LogP contribution in [-0.2, 0) is 6.54 Å². The monoisotopic (exact) mass is 355 g/mol. The first kappa shape index (κ1) is 17.2. The van der Waals surface area contributed by atoms with Gasteiger partial charge in [-0.15, -0.1) is 0 Å². The molecule has 2 aromatic rings. The van der Waals surface area contributed by atoms with Crippen molar-refractivity contribution in [2.75, 3.05) is 49.1 Å². The molecule has 138 valence electrons. The molecule has 1 aromatic carbocycles. The van der Waals surface area contributed by atoms with Crippen LogP contribution in [0.4, 0.5) is 16.2 Å². The van der Waals surface area contributed by atoms with Gasteiger partial charge in [0.05, 0.1) is 0 Å². The van der Waals surface area contributed by atoms with Crippen LogP contribution < -0.4 is 9.80 Å². The zero-order chi connectivity index (χ0) is 17.9. The van der Waals surface area contributed by atoms with Gasteiger partial charge in [-0.2, -0.15) is 4.98 Å². The highest BCUT2D eigenvalue weighted by atomic mass is 19.1. The van der Waals surface area contributed by atoms with E-state index in [0.717, 1.165) is 68.8 Å². The number of piperazine rings is 1. The van der Waals surface area contributed by atoms with Gasteiger partial charge in [0.1, 0.15) is 11.6 Å². The Balaban J connectivity index is 1.40. The zero-order valence-electron chi connectivity index (χ0n) is 15.4. The third kappa shape index (κ3) is 3.96. The van der Waals surface area contributed by atoms with Crippen LogP contribution in [0.1, 0.15) is 24.1 Å². The molecule has 0 radical (unpaired) electrons. The number of hydrogen-bond acceptors (Lipinski definition) is 5. The highest BCUT2D eigenvalue weighted by Crippen LogP contribution is 2.22. The van der Waals surface area contributed by atoms with Gasteiger partial charge in [-0.3, -0.25) is 4.90 Å². The van der Waals surface area contributed by atoms with Crippen molar-refractivity contribution in [3.8, 4) is 0 Å². The second-order valence-corrected chi connectivity index (χ2v) is 7.25. The highest BCUT2D eigenvalue weighted by molar-refractivity contribution is 5.46. The molecule has 26 heavy (non-hydrogen) atoms. The minimum atomic E-state index is -0.160. The Hall–Kier alpha value is -2.21. The molecule has 5 nitrogen and oxygen atoms in total. The zero-order valence-corrected chi connectivity index (χ0v) is 15.4. The van der Waals surface area contributed by atoms with Crippen LogP contribution >= 0.6 is 0 Å². The molecule has 2 aliphatic rings. The average Bonchev–Trinajstić information content (AvgIpc) is 3.17. The minimum absolute atomic E-state index is 0.160. The summed E-state index contributed by atoms with van der Waals surface area (Å²) in [5.74, 6) is 1.75. The number of hydrogen-bond donors (Lipinski definition) is 0. The van der Waals surface area contributed by atoms with Gasteiger partial charge in [-0.1, -0.05) is 12.1 Å². The van der Waals surface area contributed by atoms with Crippen LogP contribution in [0.15, 0.2) is 30.3 Å². The summed E-state index contributed by atoms with van der Waals surface area (Å²) in [6.45, 7) is 8.75. The van der Waals surface area contributed by atoms with Gasteiger partial charge in [0.2, 0.25) is 5.95 Å². The molecule has 0 amide bonds. The number of nitrogens with zero attached hydrogens (tertiary/aromatic N) is 5. The lowest BCUT2D eigenvalue weighted by Gasteiger charge is -2.35. The summed E-state index contributed by atoms with van der Waals surface area (Å²) in [6.07, 6.45) is 2.46. The number of aromatic nitrogens is 2. The maximum atomic E-state index is 13.4. The normalized spacial score (nSPS) is 18.5. The summed E-state index contributed by atoms with van der Waals surface area (Å²) in [5, 5.41) is 0.